The Hall–Kier alpha value is -1.22. The first-order chi connectivity index (χ1) is 11.0. The van der Waals surface area contributed by atoms with Crippen molar-refractivity contribution in [2.75, 3.05) is 11.9 Å². The minimum Gasteiger partial charge on any atom is -0.352 e. The molecule has 1 aromatic heterocycles. The minimum atomic E-state index is -1.16. The van der Waals surface area contributed by atoms with Crippen LogP contribution in [-0.2, 0) is 11.2 Å². The third-order valence-electron chi connectivity index (χ3n) is 2.61. The molecule has 0 atom stereocenters. The first-order valence-corrected chi connectivity index (χ1v) is 8.89. The number of carbonyl (C=O) groups excluding carboxylic acids is 2. The molecule has 0 fully saturated rings. The molecular weight excluding hydrogens is 427 g/mol. The molecule has 0 saturated heterocycles. The third kappa shape index (κ3) is 5.72. The Kier molecular flexibility index (Phi) is 6.76. The molecule has 10 heteroatoms. The number of anilines is 1. The van der Waals surface area contributed by atoms with Crippen molar-refractivity contribution in [3.63, 3.8) is 0 Å². The van der Waals surface area contributed by atoms with Crippen LogP contribution in [0.1, 0.15) is 15.4 Å². The summed E-state index contributed by atoms with van der Waals surface area (Å²) in [6, 6.07) is 7.11. The maximum Gasteiger partial charge on any atom is 0.259 e. The Bertz CT molecular complexity index is 711. The molecule has 0 aliphatic carbocycles. The zero-order valence-electron chi connectivity index (χ0n) is 11.6. The van der Waals surface area contributed by atoms with Gasteiger partial charge in [0.05, 0.1) is 0 Å². The summed E-state index contributed by atoms with van der Waals surface area (Å²) in [4.78, 5) is 22.1. The van der Waals surface area contributed by atoms with Gasteiger partial charge in [-0.25, -0.2) is 0 Å². The lowest BCUT2D eigenvalue weighted by Crippen LogP contribution is -2.25. The van der Waals surface area contributed by atoms with E-state index in [1.54, 1.807) is 18.2 Å². The van der Waals surface area contributed by atoms with Crippen LogP contribution < -0.4 is 10.6 Å². The van der Waals surface area contributed by atoms with Gasteiger partial charge in [-0.05, 0) is 18.2 Å². The molecule has 0 radical (unpaired) electrons. The monoisotopic (exact) mass is 436 g/mol. The number of hydrogen-bond donors (Lipinski definition) is 2. The van der Waals surface area contributed by atoms with Gasteiger partial charge in [-0.15, -0.1) is 10.2 Å². The number of alkyl halides is 2. The van der Waals surface area contributed by atoms with Crippen molar-refractivity contribution in [1.29, 1.82) is 0 Å². The molecule has 2 aromatic rings. The maximum atomic E-state index is 12.0. The number of amides is 2. The van der Waals surface area contributed by atoms with Crippen LogP contribution in [0.25, 0.3) is 0 Å². The number of halogens is 3. The number of carbonyl (C=O) groups is 2. The Morgan fingerprint density at radius 3 is 2.78 bits per heavy atom. The number of nitrogens with one attached hydrogen (secondary N) is 2. The minimum absolute atomic E-state index is 0.170. The molecule has 1 aromatic carbocycles. The molecule has 122 valence electrons. The van der Waals surface area contributed by atoms with E-state index in [2.05, 4.69) is 36.8 Å². The van der Waals surface area contributed by atoms with Crippen molar-refractivity contribution >= 4 is 67.4 Å². The molecule has 0 bridgehead atoms. The quantitative estimate of drug-likeness (QED) is 0.680. The summed E-state index contributed by atoms with van der Waals surface area (Å²) >= 11 is 15.4. The highest BCUT2D eigenvalue weighted by Crippen LogP contribution is 2.17. The van der Waals surface area contributed by atoms with Crippen molar-refractivity contribution in [3.05, 3.63) is 39.3 Å². The molecule has 2 amide bonds. The highest BCUT2D eigenvalue weighted by molar-refractivity contribution is 9.10. The topological polar surface area (TPSA) is 84.0 Å². The number of benzene rings is 1. The summed E-state index contributed by atoms with van der Waals surface area (Å²) in [5.74, 6) is -0.726. The Morgan fingerprint density at radius 2 is 2.09 bits per heavy atom. The zero-order valence-corrected chi connectivity index (χ0v) is 15.5. The average Bonchev–Trinajstić information content (AvgIpc) is 2.94. The maximum absolute atomic E-state index is 12.0. The first-order valence-electron chi connectivity index (χ1n) is 6.41. The summed E-state index contributed by atoms with van der Waals surface area (Å²) < 4.78 is 0.839. The molecular formula is C13H11BrCl2N4O2S. The van der Waals surface area contributed by atoms with Crippen molar-refractivity contribution in [1.82, 2.24) is 15.5 Å². The van der Waals surface area contributed by atoms with Gasteiger partial charge in [0.1, 0.15) is 5.01 Å². The second-order valence-corrected chi connectivity index (χ2v) is 7.38. The molecule has 2 rings (SSSR count). The summed E-state index contributed by atoms with van der Waals surface area (Å²) in [6.07, 6.45) is 0.498. The van der Waals surface area contributed by atoms with E-state index >= 15 is 0 Å². The van der Waals surface area contributed by atoms with Crippen molar-refractivity contribution in [3.8, 4) is 0 Å². The Labute approximate surface area is 154 Å². The lowest BCUT2D eigenvalue weighted by molar-refractivity contribution is -0.114. The van der Waals surface area contributed by atoms with E-state index in [9.17, 15) is 9.59 Å². The predicted molar refractivity (Wildman–Crippen MR) is 94.2 cm³/mol. The molecule has 0 aliphatic rings. The van der Waals surface area contributed by atoms with Crippen molar-refractivity contribution < 1.29 is 9.59 Å². The molecule has 0 spiro atoms. The zero-order chi connectivity index (χ0) is 16.8. The van der Waals surface area contributed by atoms with Gasteiger partial charge in [-0.2, -0.15) is 0 Å². The van der Waals surface area contributed by atoms with Gasteiger partial charge in [-0.3, -0.25) is 14.9 Å². The fraction of sp³-hybridized carbons (Fsp3) is 0.231. The molecule has 23 heavy (non-hydrogen) atoms. The largest absolute Gasteiger partial charge is 0.352 e. The van der Waals surface area contributed by atoms with Crippen LogP contribution in [0, 0.1) is 0 Å². The fourth-order valence-corrected chi connectivity index (χ4v) is 2.83. The fourth-order valence-electron chi connectivity index (χ4n) is 1.58. The van der Waals surface area contributed by atoms with Crippen molar-refractivity contribution in [2.24, 2.45) is 0 Å². The Balaban J connectivity index is 1.81. The van der Waals surface area contributed by atoms with Gasteiger partial charge in [0.25, 0.3) is 11.8 Å². The molecule has 2 N–H and O–H groups in total. The summed E-state index contributed by atoms with van der Waals surface area (Å²) in [5.41, 5.74) is 0.569. The number of hydrogen-bond acceptors (Lipinski definition) is 5. The smallest absolute Gasteiger partial charge is 0.259 e. The third-order valence-corrected chi connectivity index (χ3v) is 4.39. The van der Waals surface area contributed by atoms with Crippen LogP contribution in [-0.4, -0.2) is 33.4 Å². The van der Waals surface area contributed by atoms with Gasteiger partial charge >= 0.3 is 0 Å². The number of nitrogens with zero attached hydrogens (tertiary/aromatic N) is 2. The SMILES string of the molecule is O=C(NCCc1nnc(NC(=O)C(Cl)Cl)s1)c1cccc(Br)c1. The van der Waals surface area contributed by atoms with E-state index in [1.807, 2.05) is 6.07 Å². The van der Waals surface area contributed by atoms with Gasteiger partial charge in [-0.1, -0.05) is 56.5 Å². The second-order valence-electron chi connectivity index (χ2n) is 4.31. The summed E-state index contributed by atoms with van der Waals surface area (Å²) in [7, 11) is 0. The van der Waals surface area contributed by atoms with Crippen LogP contribution in [0.5, 0.6) is 0 Å². The van der Waals surface area contributed by atoms with E-state index in [4.69, 9.17) is 23.2 Å². The lowest BCUT2D eigenvalue weighted by atomic mass is 10.2. The molecule has 1 heterocycles. The predicted octanol–water partition coefficient (Wildman–Crippen LogP) is 3.02. The van der Waals surface area contributed by atoms with Gasteiger partial charge in [0, 0.05) is 23.0 Å². The number of rotatable bonds is 6. The van der Waals surface area contributed by atoms with Crippen LogP contribution in [0.3, 0.4) is 0 Å². The Morgan fingerprint density at radius 1 is 1.30 bits per heavy atom. The molecule has 6 nitrogen and oxygen atoms in total. The van der Waals surface area contributed by atoms with Crippen LogP contribution >= 0.6 is 50.5 Å². The summed E-state index contributed by atoms with van der Waals surface area (Å²) in [5, 5.41) is 14.0. The summed E-state index contributed by atoms with van der Waals surface area (Å²) in [6.45, 7) is 0.404. The molecule has 0 aliphatic heterocycles. The normalized spacial score (nSPS) is 10.6. The van der Waals surface area contributed by atoms with Crippen LogP contribution in [0.4, 0.5) is 5.13 Å². The highest BCUT2D eigenvalue weighted by Gasteiger charge is 2.14. The second kappa shape index (κ2) is 8.58. The highest BCUT2D eigenvalue weighted by atomic mass is 79.9. The first kappa shape index (κ1) is 18.1. The van der Waals surface area contributed by atoms with E-state index in [1.165, 1.54) is 11.3 Å². The molecule has 0 saturated carbocycles. The van der Waals surface area contributed by atoms with E-state index in [-0.39, 0.29) is 5.91 Å². The van der Waals surface area contributed by atoms with Crippen molar-refractivity contribution in [2.45, 2.75) is 11.3 Å². The number of aromatic nitrogens is 2. The lowest BCUT2D eigenvalue weighted by Gasteiger charge is -2.04. The van der Waals surface area contributed by atoms with Gasteiger partial charge in [0.15, 0.2) is 4.84 Å². The van der Waals surface area contributed by atoms with E-state index < -0.39 is 10.7 Å². The standard InChI is InChI=1S/C13H11BrCl2N4O2S/c14-8-3-1-2-7(6-8)11(21)17-5-4-9-19-20-13(23-9)18-12(22)10(15)16/h1-3,6,10H,4-5H2,(H,17,21)(H,18,20,22). The average molecular weight is 438 g/mol. The van der Waals surface area contributed by atoms with Gasteiger partial charge in [0.2, 0.25) is 5.13 Å². The molecule has 0 unspecified atom stereocenters. The van der Waals surface area contributed by atoms with Crippen LogP contribution in [0.2, 0.25) is 0 Å². The van der Waals surface area contributed by atoms with Gasteiger partial charge < -0.3 is 5.32 Å². The van der Waals surface area contributed by atoms with E-state index in [0.29, 0.717) is 28.7 Å². The van der Waals surface area contributed by atoms with Crippen LogP contribution in [0.15, 0.2) is 28.7 Å². The van der Waals surface area contributed by atoms with E-state index in [0.717, 1.165) is 4.47 Å².